The molecular formula is C23H29FN2O3S. The molecule has 162 valence electrons. The molecule has 2 atom stereocenters. The molecule has 1 fully saturated rings. The van der Waals surface area contributed by atoms with Crippen LogP contribution in [-0.2, 0) is 11.2 Å². The number of rotatable bonds is 9. The Morgan fingerprint density at radius 2 is 2.23 bits per heavy atom. The fourth-order valence-electron chi connectivity index (χ4n) is 4.13. The Hall–Kier alpha value is -1.96. The molecule has 1 aromatic carbocycles. The summed E-state index contributed by atoms with van der Waals surface area (Å²) >= 11 is 1.71. The van der Waals surface area contributed by atoms with E-state index in [1.165, 1.54) is 29.9 Å². The van der Waals surface area contributed by atoms with Crippen LogP contribution in [0.25, 0.3) is 0 Å². The van der Waals surface area contributed by atoms with Crippen molar-refractivity contribution in [3.63, 3.8) is 0 Å². The Morgan fingerprint density at radius 3 is 2.97 bits per heavy atom. The van der Waals surface area contributed by atoms with Gasteiger partial charge in [0, 0.05) is 30.6 Å². The largest absolute Gasteiger partial charge is 0.491 e. The number of amides is 1. The van der Waals surface area contributed by atoms with Crippen molar-refractivity contribution >= 4 is 17.2 Å². The van der Waals surface area contributed by atoms with E-state index in [1.807, 2.05) is 4.90 Å². The molecule has 30 heavy (non-hydrogen) atoms. The molecule has 7 heteroatoms. The van der Waals surface area contributed by atoms with Crippen molar-refractivity contribution in [2.45, 2.75) is 38.3 Å². The van der Waals surface area contributed by atoms with Crippen LogP contribution < -0.4 is 4.74 Å². The molecule has 0 spiro atoms. The van der Waals surface area contributed by atoms with Crippen LogP contribution in [0.2, 0.25) is 0 Å². The van der Waals surface area contributed by atoms with Crippen LogP contribution in [0.5, 0.6) is 5.75 Å². The summed E-state index contributed by atoms with van der Waals surface area (Å²) in [6, 6.07) is 7.98. The lowest BCUT2D eigenvalue weighted by atomic mass is 10.0. The molecule has 1 aromatic heterocycles. The van der Waals surface area contributed by atoms with Gasteiger partial charge in [-0.3, -0.25) is 9.69 Å². The van der Waals surface area contributed by atoms with E-state index in [0.29, 0.717) is 31.3 Å². The average molecular weight is 433 g/mol. The second-order valence-electron chi connectivity index (χ2n) is 8.41. The van der Waals surface area contributed by atoms with Gasteiger partial charge in [0.15, 0.2) is 0 Å². The summed E-state index contributed by atoms with van der Waals surface area (Å²) in [4.78, 5) is 18.6. The second kappa shape index (κ2) is 9.45. The van der Waals surface area contributed by atoms with E-state index >= 15 is 0 Å². The van der Waals surface area contributed by atoms with Gasteiger partial charge >= 0.3 is 0 Å². The highest BCUT2D eigenvalue weighted by atomic mass is 32.1. The molecule has 0 saturated heterocycles. The maximum atomic E-state index is 13.5. The minimum absolute atomic E-state index is 0.0565. The van der Waals surface area contributed by atoms with Crippen LogP contribution in [0.1, 0.15) is 36.2 Å². The average Bonchev–Trinajstić information content (AvgIpc) is 3.37. The van der Waals surface area contributed by atoms with Gasteiger partial charge in [-0.05, 0) is 61.2 Å². The summed E-state index contributed by atoms with van der Waals surface area (Å²) in [6.07, 6.45) is 2.79. The first-order valence-corrected chi connectivity index (χ1v) is 11.5. The third kappa shape index (κ3) is 5.39. The van der Waals surface area contributed by atoms with Crippen LogP contribution in [0.15, 0.2) is 35.7 Å². The van der Waals surface area contributed by atoms with Crippen LogP contribution in [0, 0.1) is 11.7 Å². The first-order chi connectivity index (χ1) is 14.5. The molecule has 1 aliphatic heterocycles. The van der Waals surface area contributed by atoms with Crippen LogP contribution >= 0.6 is 11.3 Å². The highest BCUT2D eigenvalue weighted by molar-refractivity contribution is 7.10. The minimum Gasteiger partial charge on any atom is -0.491 e. The third-order valence-electron chi connectivity index (χ3n) is 5.71. The van der Waals surface area contributed by atoms with E-state index in [2.05, 4.69) is 16.3 Å². The smallest absolute Gasteiger partial charge is 0.237 e. The Kier molecular flexibility index (Phi) is 6.71. The molecule has 2 heterocycles. The lowest BCUT2D eigenvalue weighted by Gasteiger charge is -2.37. The van der Waals surface area contributed by atoms with E-state index in [9.17, 15) is 14.3 Å². The van der Waals surface area contributed by atoms with Crippen LogP contribution in [0.4, 0.5) is 4.39 Å². The summed E-state index contributed by atoms with van der Waals surface area (Å²) in [6.45, 7) is 4.37. The molecule has 0 radical (unpaired) electrons. The third-order valence-corrected chi connectivity index (χ3v) is 6.71. The normalized spacial score (nSPS) is 19.6. The number of carbonyl (C=O) groups excluding carboxylic acids is 1. The number of aliphatic hydroxyl groups is 1. The van der Waals surface area contributed by atoms with Gasteiger partial charge in [0.25, 0.3) is 0 Å². The number of thiophene rings is 1. The predicted molar refractivity (Wildman–Crippen MR) is 115 cm³/mol. The van der Waals surface area contributed by atoms with E-state index < -0.39 is 6.10 Å². The van der Waals surface area contributed by atoms with Gasteiger partial charge in [-0.25, -0.2) is 4.39 Å². The summed E-state index contributed by atoms with van der Waals surface area (Å²) in [5.74, 6) is 0.831. The number of ether oxygens (including phenoxy) is 1. The quantitative estimate of drug-likeness (QED) is 0.659. The molecule has 1 saturated carbocycles. The van der Waals surface area contributed by atoms with Crippen molar-refractivity contribution in [2.75, 3.05) is 32.8 Å². The zero-order valence-corrected chi connectivity index (χ0v) is 18.1. The van der Waals surface area contributed by atoms with Gasteiger partial charge in [-0.15, -0.1) is 11.3 Å². The number of fused-ring (bicyclic) bond motifs is 1. The fourth-order valence-corrected chi connectivity index (χ4v) is 5.06. The number of halogens is 1. The van der Waals surface area contributed by atoms with Crippen LogP contribution in [-0.4, -0.2) is 59.7 Å². The van der Waals surface area contributed by atoms with Gasteiger partial charge < -0.3 is 14.7 Å². The van der Waals surface area contributed by atoms with Crippen molar-refractivity contribution in [1.82, 2.24) is 9.80 Å². The molecule has 1 N–H and O–H groups in total. The number of hydrogen-bond acceptors (Lipinski definition) is 5. The molecule has 0 bridgehead atoms. The number of hydrogen-bond donors (Lipinski definition) is 1. The SMILES string of the molecule is CC(O)CN(CC(=O)N1CCc2sccc2C1COc1cccc(F)c1)CC1CC1. The number of nitrogens with zero attached hydrogens (tertiary/aromatic N) is 2. The summed E-state index contributed by atoms with van der Waals surface area (Å²) in [7, 11) is 0. The van der Waals surface area contributed by atoms with Crippen LogP contribution in [0.3, 0.4) is 0 Å². The summed E-state index contributed by atoms with van der Waals surface area (Å²) < 4.78 is 19.4. The first-order valence-electron chi connectivity index (χ1n) is 10.6. The first kappa shape index (κ1) is 21.3. The molecule has 5 nitrogen and oxygen atoms in total. The van der Waals surface area contributed by atoms with Crippen molar-refractivity contribution in [3.8, 4) is 5.75 Å². The standard InChI is InChI=1S/C23H29FN2O3S/c1-16(27)12-25(13-17-5-6-17)14-23(28)26-9-7-22-20(8-10-30-22)21(26)15-29-19-4-2-3-18(24)11-19/h2-4,8,10-11,16-17,21,27H,5-7,9,12-15H2,1H3. The molecule has 2 aliphatic rings. The highest BCUT2D eigenvalue weighted by Crippen LogP contribution is 2.34. The molecule has 2 unspecified atom stereocenters. The molecule has 1 aliphatic carbocycles. The second-order valence-corrected chi connectivity index (χ2v) is 9.41. The molecular weight excluding hydrogens is 403 g/mol. The van der Waals surface area contributed by atoms with Crippen molar-refractivity contribution in [1.29, 1.82) is 0 Å². The van der Waals surface area contributed by atoms with Gasteiger partial charge in [0.1, 0.15) is 18.2 Å². The zero-order chi connectivity index (χ0) is 21.1. The highest BCUT2D eigenvalue weighted by Gasteiger charge is 2.34. The Bertz CT molecular complexity index is 864. The van der Waals surface area contributed by atoms with Gasteiger partial charge in [-0.2, -0.15) is 0 Å². The van der Waals surface area contributed by atoms with E-state index in [-0.39, 0.29) is 24.4 Å². The number of carbonyl (C=O) groups is 1. The minimum atomic E-state index is -0.464. The molecule has 2 aromatic rings. The maximum absolute atomic E-state index is 13.5. The number of benzene rings is 1. The van der Waals surface area contributed by atoms with Gasteiger partial charge in [0.05, 0.1) is 18.7 Å². The Morgan fingerprint density at radius 1 is 1.40 bits per heavy atom. The van der Waals surface area contributed by atoms with Crippen molar-refractivity contribution in [2.24, 2.45) is 5.92 Å². The van der Waals surface area contributed by atoms with E-state index in [0.717, 1.165) is 18.5 Å². The predicted octanol–water partition coefficient (Wildman–Crippen LogP) is 3.48. The number of aliphatic hydroxyl groups excluding tert-OH is 1. The fraction of sp³-hybridized carbons (Fsp3) is 0.522. The molecule has 4 rings (SSSR count). The Labute approximate surface area is 181 Å². The topological polar surface area (TPSA) is 53.0 Å². The van der Waals surface area contributed by atoms with Crippen molar-refractivity contribution in [3.05, 3.63) is 52.0 Å². The zero-order valence-electron chi connectivity index (χ0n) is 17.3. The van der Waals surface area contributed by atoms with E-state index in [1.54, 1.807) is 30.4 Å². The lowest BCUT2D eigenvalue weighted by Crippen LogP contribution is -2.48. The summed E-state index contributed by atoms with van der Waals surface area (Å²) in [5, 5.41) is 11.9. The van der Waals surface area contributed by atoms with Gasteiger partial charge in [0.2, 0.25) is 5.91 Å². The van der Waals surface area contributed by atoms with E-state index in [4.69, 9.17) is 4.74 Å². The lowest BCUT2D eigenvalue weighted by molar-refractivity contribution is -0.136. The van der Waals surface area contributed by atoms with Gasteiger partial charge in [-0.1, -0.05) is 6.07 Å². The summed E-state index contributed by atoms with van der Waals surface area (Å²) in [5.41, 5.74) is 1.13. The Balaban J connectivity index is 1.47. The molecule has 1 amide bonds. The van der Waals surface area contributed by atoms with Crippen molar-refractivity contribution < 1.29 is 19.0 Å². The monoisotopic (exact) mass is 432 g/mol. The maximum Gasteiger partial charge on any atom is 0.237 e.